The molecule has 794 valence electrons. The summed E-state index contributed by atoms with van der Waals surface area (Å²) in [5, 5.41) is 94.8. The van der Waals surface area contributed by atoms with Crippen molar-refractivity contribution in [3.05, 3.63) is 77.9 Å². The summed E-state index contributed by atoms with van der Waals surface area (Å²) in [4.78, 5) is 256. The van der Waals surface area contributed by atoms with Gasteiger partial charge in [0.1, 0.15) is 95.4 Å². The van der Waals surface area contributed by atoms with Gasteiger partial charge in [-0.1, -0.05) is 102 Å². The summed E-state index contributed by atoms with van der Waals surface area (Å²) in [6.07, 6.45) is 2.05. The Bertz CT molecular complexity index is 4510. The second kappa shape index (κ2) is 65.0. The summed E-state index contributed by atoms with van der Waals surface area (Å²) in [5.74, 6) is -18.3. The number of aliphatic hydroxyl groups excluding tert-OH is 1. The smallest absolute Gasteiger partial charge is 0.303 e. The highest BCUT2D eigenvalue weighted by atomic mass is 16.4. The standard InChI is InChI=1S/C95H158N26O21/c1-11-12-31-63(80(131)115-70(77(99)128)52-55(2)3)110-83(134)69(41-42-74(126)127)114-79(130)66(35-27-49-105-92(100)101)113-87(138)72(54-61-37-39-62(124)40-38-61)116-81(132)64(32-20-24-46-96)109-78(129)57(6)107-90(141)94(9)44-22-15-13-14-16-23-45-95(10,91(142)117-68(34-26-48-98)82(133)111-67(36-28-50-106-93(102)103)85(136)119-76(58(7)122)89(140)121-94)120-88(139)75(56(4)5)118-84(135)65(33-21-25-47-97)112-86(137)71(53-60-29-18-17-19-30-60)108-73(125)43-51-104-59(8)123/h13-14,17-19,29-30,37-40,55-58,63-72,75-76,122,124H,11-12,15-16,20-28,31-36,41-54,96-98H2,1-10H3,(H2,99,128)(H,104,123)(H,107,141)(H,108,125)(H,109,129)(H,110,134)(H,111,133)(H,112,137)(H,113,138)(H,114,130)(H,115,131)(H,116,132)(H,117,142)(H,118,135)(H,119,136)(H,120,139)(H,121,140)(H,126,127)(H4,100,101,105)(H4,102,103,106)/b14-13-/t57-,58+,63-,64-,65-,66-,67-,68-,69-,70-,71-,72-,75-,76-,94-,95-/m0/s1. The van der Waals surface area contributed by atoms with Gasteiger partial charge in [0.15, 0.2) is 11.9 Å². The zero-order valence-corrected chi connectivity index (χ0v) is 83.6. The van der Waals surface area contributed by atoms with Crippen LogP contribution < -0.4 is 130 Å². The van der Waals surface area contributed by atoms with Crippen LogP contribution in [0.1, 0.15) is 241 Å². The molecule has 142 heavy (non-hydrogen) atoms. The summed E-state index contributed by atoms with van der Waals surface area (Å²) in [7, 11) is 0. The Morgan fingerprint density at radius 2 is 0.930 bits per heavy atom. The maximum absolute atomic E-state index is 15.2. The quantitative estimate of drug-likeness (QED) is 0.0134. The number of carbonyl (C=O) groups excluding carboxylic acids is 17. The number of hydrogen-bond acceptors (Lipinski definition) is 25. The average molecular weight is 2000 g/mol. The molecule has 2 aromatic carbocycles. The van der Waals surface area contributed by atoms with Crippen molar-refractivity contribution in [2.24, 2.45) is 46.2 Å². The number of primary amides is 1. The summed E-state index contributed by atoms with van der Waals surface area (Å²) in [6.45, 7) is 15.4. The van der Waals surface area contributed by atoms with Gasteiger partial charge >= 0.3 is 5.97 Å². The molecular formula is C95H158N26O21. The van der Waals surface area contributed by atoms with Crippen LogP contribution in [0.15, 0.2) is 66.7 Å². The van der Waals surface area contributed by atoms with Crippen molar-refractivity contribution in [2.45, 2.75) is 338 Å². The minimum atomic E-state index is -2.05. The Hall–Kier alpha value is -13.2. The van der Waals surface area contributed by atoms with E-state index in [1.807, 2.05) is 6.92 Å². The van der Waals surface area contributed by atoms with Crippen LogP contribution in [0, 0.1) is 22.7 Å². The molecule has 0 unspecified atom stereocenters. The van der Waals surface area contributed by atoms with Gasteiger partial charge in [-0.15, -0.1) is 0 Å². The third kappa shape index (κ3) is 46.9. The Kier molecular flexibility index (Phi) is 56.3. The fraction of sp³-hybridized carbons (Fsp3) is 0.642. The SMILES string of the molecule is CCCC[C@H](NC(=O)[C@H](CCC(=O)O)NC(=O)[C@H](CCCNC(=N)N)NC(=O)[C@H](Cc1ccc(O)cc1)NC(=O)[C@H](CCCCN)NC(=O)[C@H](C)NC(=O)[C@]1(C)CCC/C=C\CCC[C@](C)(NC(=O)[C@@H](NC(=O)[C@H](CCCCN)NC(=O)[C@H](Cc2ccccc2)NC(=O)CCNC(C)=O)C(C)C)C(=O)N[C@@H](CCCN)C(=O)N[C@@H](CCCNC(=N)N)C(=O)N[C@@H]([C@@H](C)O)C(=O)N1)C(=O)N[C@@H](CC(C)C)C(N)=O. The molecule has 0 bridgehead atoms. The number of amides is 17. The molecule has 3 rings (SSSR count). The van der Waals surface area contributed by atoms with Crippen LogP contribution in [0.2, 0.25) is 0 Å². The minimum absolute atomic E-state index is 0.0000920. The van der Waals surface area contributed by atoms with E-state index in [-0.39, 0.29) is 185 Å². The molecule has 0 aliphatic carbocycles. The lowest BCUT2D eigenvalue weighted by molar-refractivity contribution is -0.140. The van der Waals surface area contributed by atoms with Gasteiger partial charge < -0.3 is 145 Å². The first-order chi connectivity index (χ1) is 67.1. The van der Waals surface area contributed by atoms with Gasteiger partial charge in [0.2, 0.25) is 100 Å². The number of allylic oxidation sites excluding steroid dienone is 2. The summed E-state index contributed by atoms with van der Waals surface area (Å²) in [6, 6.07) is -5.19. The lowest BCUT2D eigenvalue weighted by Gasteiger charge is -2.34. The summed E-state index contributed by atoms with van der Waals surface area (Å²) >= 11 is 0. The number of phenols is 1. The molecule has 0 radical (unpaired) electrons. The number of aliphatic hydroxyl groups is 1. The van der Waals surface area contributed by atoms with Gasteiger partial charge in [0, 0.05) is 52.2 Å². The van der Waals surface area contributed by atoms with Crippen molar-refractivity contribution >= 4 is 118 Å². The molecule has 47 nitrogen and oxygen atoms in total. The van der Waals surface area contributed by atoms with Crippen LogP contribution in [0.3, 0.4) is 0 Å². The fourth-order valence-corrected chi connectivity index (χ4v) is 15.3. The van der Waals surface area contributed by atoms with E-state index in [9.17, 15) is 77.6 Å². The third-order valence-corrected chi connectivity index (χ3v) is 23.6. The third-order valence-electron chi connectivity index (χ3n) is 23.6. The van der Waals surface area contributed by atoms with E-state index in [4.69, 9.17) is 45.2 Å². The molecule has 0 spiro atoms. The van der Waals surface area contributed by atoms with E-state index in [0.29, 0.717) is 43.2 Å². The van der Waals surface area contributed by atoms with E-state index in [2.05, 4.69) is 95.7 Å². The number of carboxylic acid groups (broad SMARTS) is 1. The van der Waals surface area contributed by atoms with Crippen molar-refractivity contribution in [3.63, 3.8) is 0 Å². The Labute approximate surface area is 830 Å². The van der Waals surface area contributed by atoms with Gasteiger partial charge in [-0.25, -0.2) is 0 Å². The maximum atomic E-state index is 15.2. The molecule has 0 saturated heterocycles. The number of rotatable bonds is 58. The first-order valence-corrected chi connectivity index (χ1v) is 48.9. The fourth-order valence-electron chi connectivity index (χ4n) is 15.3. The number of guanidine groups is 2. The number of phenolic OH excluding ortho intramolecular Hbond substituents is 1. The van der Waals surface area contributed by atoms with Gasteiger partial charge in [-0.3, -0.25) is 97.1 Å². The number of unbranched alkanes of at least 4 members (excludes halogenated alkanes) is 3. The van der Waals surface area contributed by atoms with Crippen LogP contribution >= 0.6 is 0 Å². The Morgan fingerprint density at radius 1 is 0.479 bits per heavy atom. The van der Waals surface area contributed by atoms with Crippen molar-refractivity contribution in [3.8, 4) is 5.75 Å². The monoisotopic (exact) mass is 2000 g/mol. The van der Waals surface area contributed by atoms with E-state index >= 15 is 24.0 Å². The predicted octanol–water partition coefficient (Wildman–Crippen LogP) is -3.17. The van der Waals surface area contributed by atoms with Crippen LogP contribution in [-0.2, 0) is 99.1 Å². The number of benzene rings is 2. The molecular weight excluding hydrogens is 1840 g/mol. The topological polar surface area (TPSA) is 788 Å². The molecule has 0 saturated carbocycles. The number of carboxylic acids is 1. The number of nitrogens with two attached hydrogens (primary N) is 6. The molecule has 17 amide bonds. The predicted molar refractivity (Wildman–Crippen MR) is 530 cm³/mol. The van der Waals surface area contributed by atoms with Crippen molar-refractivity contribution in [2.75, 3.05) is 39.3 Å². The normalized spacial score (nSPS) is 19.1. The van der Waals surface area contributed by atoms with Crippen LogP contribution in [-0.4, -0.2) is 269 Å². The van der Waals surface area contributed by atoms with Gasteiger partial charge in [0.05, 0.1) is 6.10 Å². The number of aromatic hydroxyl groups is 1. The molecule has 0 fully saturated rings. The van der Waals surface area contributed by atoms with Crippen LogP contribution in [0.4, 0.5) is 0 Å². The van der Waals surface area contributed by atoms with Gasteiger partial charge in [-0.2, -0.15) is 0 Å². The van der Waals surface area contributed by atoms with E-state index < -0.39 is 227 Å². The number of nitrogens with one attached hydrogen (secondary N) is 20. The molecule has 1 aliphatic heterocycles. The highest BCUT2D eigenvalue weighted by Gasteiger charge is 2.44. The van der Waals surface area contributed by atoms with Crippen molar-refractivity contribution in [1.29, 1.82) is 10.8 Å². The summed E-state index contributed by atoms with van der Waals surface area (Å²) < 4.78 is 0. The maximum Gasteiger partial charge on any atom is 0.303 e. The molecule has 1 aliphatic rings. The number of carbonyl (C=O) groups is 18. The number of hydrogen-bond donors (Lipinski definition) is 29. The molecule has 0 aromatic heterocycles. The zero-order chi connectivity index (χ0) is 106. The lowest BCUT2D eigenvalue weighted by Crippen LogP contribution is -2.66. The molecule has 47 heteroatoms. The average Bonchev–Trinajstić information content (AvgIpc) is 0.874. The minimum Gasteiger partial charge on any atom is -0.508 e. The zero-order valence-electron chi connectivity index (χ0n) is 83.6. The Balaban J connectivity index is 2.16. The van der Waals surface area contributed by atoms with Crippen molar-refractivity contribution in [1.82, 2.24) is 95.7 Å². The van der Waals surface area contributed by atoms with Gasteiger partial charge in [-0.05, 0) is 217 Å². The van der Waals surface area contributed by atoms with Crippen molar-refractivity contribution < 1.29 is 102 Å². The Morgan fingerprint density at radius 3 is 1.42 bits per heavy atom. The molecule has 16 atom stereocenters. The van der Waals surface area contributed by atoms with E-state index in [1.165, 1.54) is 52.0 Å². The molecule has 1 heterocycles. The first kappa shape index (κ1) is 123. The highest BCUT2D eigenvalue weighted by molar-refractivity contribution is 6.02. The van der Waals surface area contributed by atoms with Crippen LogP contribution in [0.5, 0.6) is 5.75 Å². The largest absolute Gasteiger partial charge is 0.508 e. The lowest BCUT2D eigenvalue weighted by atomic mass is 9.90. The second-order valence-corrected chi connectivity index (χ2v) is 37.1. The highest BCUT2D eigenvalue weighted by Crippen LogP contribution is 2.23. The first-order valence-electron chi connectivity index (χ1n) is 48.9. The van der Waals surface area contributed by atoms with E-state index in [1.54, 1.807) is 70.2 Å². The summed E-state index contributed by atoms with van der Waals surface area (Å²) in [5.41, 5.74) is 31.6. The molecule has 35 N–H and O–H groups in total. The van der Waals surface area contributed by atoms with Crippen LogP contribution in [0.25, 0.3) is 0 Å². The second-order valence-electron chi connectivity index (χ2n) is 37.1. The number of aliphatic carboxylic acids is 1. The van der Waals surface area contributed by atoms with Gasteiger partial charge in [0.25, 0.3) is 0 Å². The molecule has 2 aromatic rings. The van der Waals surface area contributed by atoms with E-state index in [0.717, 1.165) is 6.92 Å².